The molecule has 0 bridgehead atoms. The third-order valence-electron chi connectivity index (χ3n) is 6.13. The van der Waals surface area contributed by atoms with Gasteiger partial charge >= 0.3 is 0 Å². The second kappa shape index (κ2) is 10.8. The number of hydrogen-bond acceptors (Lipinski definition) is 7. The molecule has 180 valence electrons. The minimum Gasteiger partial charge on any atom is -0.253 e. The fourth-order valence-corrected chi connectivity index (χ4v) is 6.94. The van der Waals surface area contributed by atoms with Crippen LogP contribution in [-0.2, 0) is 16.4 Å². The van der Waals surface area contributed by atoms with E-state index < -0.39 is 10.0 Å². The van der Waals surface area contributed by atoms with Crippen molar-refractivity contribution in [1.82, 2.24) is 9.29 Å². The lowest BCUT2D eigenvalue weighted by atomic mass is 9.91. The average Bonchev–Trinajstić information content (AvgIpc) is 3.58. The van der Waals surface area contributed by atoms with Gasteiger partial charge in [0.05, 0.1) is 16.8 Å². The minimum atomic E-state index is -3.50. The number of rotatable bonds is 8. The number of aromatic nitrogens is 1. The number of thiophene rings is 1. The highest BCUT2D eigenvalue weighted by atomic mass is 32.2. The molecule has 2 aromatic carbocycles. The SMILES string of the molecule is O=S(=O)(c1ccc(-c2csc(N/N=C/c3cccs3)n2)cc1)N1CCC(Cc2ccccc2)CC1. The monoisotopic (exact) mass is 522 g/mol. The molecule has 1 fully saturated rings. The van der Waals surface area contributed by atoms with E-state index in [1.165, 1.54) is 16.9 Å². The lowest BCUT2D eigenvalue weighted by Crippen LogP contribution is -2.38. The van der Waals surface area contributed by atoms with Gasteiger partial charge in [-0.05, 0) is 54.3 Å². The Kier molecular flexibility index (Phi) is 7.38. The maximum atomic E-state index is 13.2. The van der Waals surface area contributed by atoms with Crippen LogP contribution >= 0.6 is 22.7 Å². The van der Waals surface area contributed by atoms with Crippen molar-refractivity contribution >= 4 is 44.0 Å². The average molecular weight is 523 g/mol. The largest absolute Gasteiger partial charge is 0.253 e. The molecule has 9 heteroatoms. The van der Waals surface area contributed by atoms with Crippen LogP contribution in [0.25, 0.3) is 11.3 Å². The maximum Gasteiger partial charge on any atom is 0.243 e. The highest BCUT2D eigenvalue weighted by molar-refractivity contribution is 7.89. The number of nitrogens with one attached hydrogen (secondary N) is 1. The first-order chi connectivity index (χ1) is 17.1. The van der Waals surface area contributed by atoms with E-state index in [-0.39, 0.29) is 0 Å². The number of thiazole rings is 1. The lowest BCUT2D eigenvalue weighted by molar-refractivity contribution is 0.273. The summed E-state index contributed by atoms with van der Waals surface area (Å²) in [6.07, 6.45) is 4.54. The van der Waals surface area contributed by atoms with Crippen molar-refractivity contribution < 1.29 is 8.42 Å². The van der Waals surface area contributed by atoms with Crippen LogP contribution in [0.3, 0.4) is 0 Å². The quantitative estimate of drug-likeness (QED) is 0.229. The highest BCUT2D eigenvalue weighted by Gasteiger charge is 2.29. The number of nitrogens with zero attached hydrogens (tertiary/aromatic N) is 3. The summed E-state index contributed by atoms with van der Waals surface area (Å²) in [6, 6.07) is 21.4. The molecule has 0 spiro atoms. The van der Waals surface area contributed by atoms with Gasteiger partial charge in [0.25, 0.3) is 0 Å². The van der Waals surface area contributed by atoms with Gasteiger partial charge in [0.2, 0.25) is 15.2 Å². The number of sulfonamides is 1. The van der Waals surface area contributed by atoms with Crippen LogP contribution in [0.5, 0.6) is 0 Å². The number of hydrazone groups is 1. The molecule has 2 aromatic heterocycles. The van der Waals surface area contributed by atoms with Crippen molar-refractivity contribution in [2.45, 2.75) is 24.2 Å². The van der Waals surface area contributed by atoms with Gasteiger partial charge in [0.1, 0.15) is 0 Å². The fraction of sp³-hybridized carbons (Fsp3) is 0.231. The van der Waals surface area contributed by atoms with Crippen molar-refractivity contribution in [3.8, 4) is 11.3 Å². The van der Waals surface area contributed by atoms with Crippen molar-refractivity contribution in [3.63, 3.8) is 0 Å². The molecule has 1 aliphatic heterocycles. The number of piperidine rings is 1. The Morgan fingerprint density at radius 2 is 1.77 bits per heavy atom. The predicted molar refractivity (Wildman–Crippen MR) is 145 cm³/mol. The third kappa shape index (κ3) is 5.87. The normalized spacial score (nSPS) is 15.5. The van der Waals surface area contributed by atoms with Gasteiger partial charge in [0.15, 0.2) is 0 Å². The Labute approximate surface area is 214 Å². The van der Waals surface area contributed by atoms with Crippen LogP contribution < -0.4 is 5.43 Å². The molecule has 1 aliphatic rings. The smallest absolute Gasteiger partial charge is 0.243 e. The second-order valence-corrected chi connectivity index (χ2v) is 12.3. The molecule has 35 heavy (non-hydrogen) atoms. The topological polar surface area (TPSA) is 74.7 Å². The van der Waals surface area contributed by atoms with Crippen LogP contribution in [0.1, 0.15) is 23.3 Å². The first-order valence-corrected chi connectivity index (χ1v) is 14.7. The molecule has 6 nitrogen and oxygen atoms in total. The van der Waals surface area contributed by atoms with E-state index in [4.69, 9.17) is 0 Å². The van der Waals surface area contributed by atoms with Gasteiger partial charge in [-0.1, -0.05) is 48.5 Å². The Balaban J connectivity index is 1.19. The van der Waals surface area contributed by atoms with Crippen LogP contribution in [0.4, 0.5) is 5.13 Å². The van der Waals surface area contributed by atoms with Crippen molar-refractivity contribution in [1.29, 1.82) is 0 Å². The minimum absolute atomic E-state index is 0.330. The molecule has 0 amide bonds. The molecule has 1 saturated heterocycles. The molecule has 4 aromatic rings. The summed E-state index contributed by atoms with van der Waals surface area (Å²) >= 11 is 3.07. The van der Waals surface area contributed by atoms with Crippen LogP contribution in [0.2, 0.25) is 0 Å². The molecule has 0 radical (unpaired) electrons. The molecule has 0 atom stereocenters. The van der Waals surface area contributed by atoms with Gasteiger partial charge in [-0.15, -0.1) is 22.7 Å². The first kappa shape index (κ1) is 23.9. The Morgan fingerprint density at radius 3 is 2.49 bits per heavy atom. The molecular weight excluding hydrogens is 497 g/mol. The lowest BCUT2D eigenvalue weighted by Gasteiger charge is -2.31. The van der Waals surface area contributed by atoms with Gasteiger partial charge in [-0.2, -0.15) is 9.41 Å². The Hall–Kier alpha value is -2.85. The van der Waals surface area contributed by atoms with E-state index >= 15 is 0 Å². The van der Waals surface area contributed by atoms with Crippen LogP contribution in [-0.4, -0.2) is 37.0 Å². The zero-order chi connectivity index (χ0) is 24.1. The molecular formula is C26H26N4O2S3. The molecule has 5 rings (SSSR count). The molecule has 1 N–H and O–H groups in total. The van der Waals surface area contributed by atoms with E-state index in [0.29, 0.717) is 29.0 Å². The fourth-order valence-electron chi connectivity index (χ4n) is 4.22. The zero-order valence-corrected chi connectivity index (χ0v) is 21.5. The summed E-state index contributed by atoms with van der Waals surface area (Å²) in [5.41, 5.74) is 5.93. The van der Waals surface area contributed by atoms with E-state index in [9.17, 15) is 8.42 Å². The van der Waals surface area contributed by atoms with Crippen LogP contribution in [0, 0.1) is 5.92 Å². The third-order valence-corrected chi connectivity index (χ3v) is 9.59. The van der Waals surface area contributed by atoms with Gasteiger partial charge in [-0.3, -0.25) is 5.43 Å². The molecule has 3 heterocycles. The van der Waals surface area contributed by atoms with E-state index in [1.807, 2.05) is 41.1 Å². The van der Waals surface area contributed by atoms with Crippen LogP contribution in [0.15, 0.2) is 87.5 Å². The van der Waals surface area contributed by atoms with Gasteiger partial charge < -0.3 is 0 Å². The zero-order valence-electron chi connectivity index (χ0n) is 19.1. The van der Waals surface area contributed by atoms with E-state index in [1.54, 1.807) is 34.0 Å². The predicted octanol–water partition coefficient (Wildman–Crippen LogP) is 5.96. The summed E-state index contributed by atoms with van der Waals surface area (Å²) in [7, 11) is -3.50. The summed E-state index contributed by atoms with van der Waals surface area (Å²) in [4.78, 5) is 5.95. The molecule has 0 saturated carbocycles. The van der Waals surface area contributed by atoms with Crippen molar-refractivity contribution in [2.75, 3.05) is 18.5 Å². The summed E-state index contributed by atoms with van der Waals surface area (Å²) < 4.78 is 28.0. The summed E-state index contributed by atoms with van der Waals surface area (Å²) in [5, 5.41) is 8.83. The number of hydrogen-bond donors (Lipinski definition) is 1. The maximum absolute atomic E-state index is 13.2. The number of benzene rings is 2. The van der Waals surface area contributed by atoms with E-state index in [0.717, 1.165) is 35.4 Å². The molecule has 0 unspecified atom stereocenters. The number of anilines is 1. The Bertz CT molecular complexity index is 1360. The highest BCUT2D eigenvalue weighted by Crippen LogP contribution is 2.29. The first-order valence-electron chi connectivity index (χ1n) is 11.5. The second-order valence-electron chi connectivity index (χ2n) is 8.48. The van der Waals surface area contributed by atoms with Crippen molar-refractivity contribution in [2.24, 2.45) is 11.0 Å². The standard InChI is InChI=1S/C26H26N4O2S3/c31-35(32,30-14-12-21(13-15-30)17-20-5-2-1-3-6-20)24-10-8-22(9-11-24)25-19-34-26(28-25)29-27-18-23-7-4-16-33-23/h1-11,16,18-19,21H,12-15,17H2,(H,28,29)/b27-18+. The van der Waals surface area contributed by atoms with Crippen molar-refractivity contribution in [3.05, 3.63) is 87.9 Å². The molecule has 0 aliphatic carbocycles. The van der Waals surface area contributed by atoms with Gasteiger partial charge in [0, 0.05) is 28.9 Å². The Morgan fingerprint density at radius 1 is 1.00 bits per heavy atom. The summed E-state index contributed by atoms with van der Waals surface area (Å²) in [6.45, 7) is 1.13. The summed E-state index contributed by atoms with van der Waals surface area (Å²) in [5.74, 6) is 0.522. The van der Waals surface area contributed by atoms with E-state index in [2.05, 4.69) is 39.8 Å². The van der Waals surface area contributed by atoms with Gasteiger partial charge in [-0.25, -0.2) is 13.4 Å².